The number of hydrogen-bond donors (Lipinski definition) is 9. The molecule has 10 heteroatoms. The molecule has 10 nitrogen and oxygen atoms in total. The molecule has 0 aliphatic carbocycles. The number of nitriles is 1. The smallest absolute Gasteiger partial charge is 0.201 e. The van der Waals surface area contributed by atoms with Gasteiger partial charge in [-0.25, -0.2) is 0 Å². The number of nitrogens with zero attached hydrogens (tertiary/aromatic N) is 1. The molecule has 0 aromatic rings. The fourth-order valence-corrected chi connectivity index (χ4v) is 2.34. The van der Waals surface area contributed by atoms with E-state index >= 15 is 0 Å². The highest BCUT2D eigenvalue weighted by atomic mass is 15.2. The highest BCUT2D eigenvalue weighted by molar-refractivity contribution is 5.95. The van der Waals surface area contributed by atoms with Gasteiger partial charge in [0.05, 0.1) is 0 Å². The van der Waals surface area contributed by atoms with Crippen LogP contribution < -0.4 is 31.9 Å². The third kappa shape index (κ3) is 18.1. The number of unbranched alkanes of at least 4 members (excludes halogenated alkanes) is 6. The molecule has 0 spiro atoms. The molecular formula is C17H36N10. The Labute approximate surface area is 162 Å². The average molecular weight is 381 g/mol. The van der Waals surface area contributed by atoms with E-state index in [1.807, 2.05) is 7.05 Å². The van der Waals surface area contributed by atoms with Crippen LogP contribution in [0.3, 0.4) is 0 Å². The van der Waals surface area contributed by atoms with Gasteiger partial charge in [0.1, 0.15) is 0 Å². The first-order chi connectivity index (χ1) is 13.1. The van der Waals surface area contributed by atoms with E-state index in [0.717, 1.165) is 51.6 Å². The van der Waals surface area contributed by atoms with Gasteiger partial charge in [-0.3, -0.25) is 26.9 Å². The third-order valence-corrected chi connectivity index (χ3v) is 3.79. The van der Waals surface area contributed by atoms with Crippen molar-refractivity contribution in [1.29, 1.82) is 21.5 Å². The molecule has 0 fully saturated rings. The van der Waals surface area contributed by atoms with Crippen molar-refractivity contribution in [2.75, 3.05) is 33.2 Å². The summed E-state index contributed by atoms with van der Waals surface area (Å²) in [5, 5.41) is 48.0. The predicted molar refractivity (Wildman–Crippen MR) is 110 cm³/mol. The molecule has 0 saturated carbocycles. The summed E-state index contributed by atoms with van der Waals surface area (Å²) in [5.41, 5.74) is 0. The Morgan fingerprint density at radius 1 is 0.667 bits per heavy atom. The zero-order chi connectivity index (χ0) is 20.2. The van der Waals surface area contributed by atoms with Crippen LogP contribution in [0.25, 0.3) is 0 Å². The Morgan fingerprint density at radius 3 is 1.48 bits per heavy atom. The van der Waals surface area contributed by atoms with Crippen LogP contribution >= 0.6 is 0 Å². The average Bonchev–Trinajstić information content (AvgIpc) is 2.63. The van der Waals surface area contributed by atoms with Gasteiger partial charge in [-0.15, -0.1) is 0 Å². The van der Waals surface area contributed by atoms with Gasteiger partial charge in [-0.1, -0.05) is 25.7 Å². The van der Waals surface area contributed by atoms with Crippen molar-refractivity contribution in [3.05, 3.63) is 0 Å². The Balaban J connectivity index is 3.41. The van der Waals surface area contributed by atoms with Gasteiger partial charge in [-0.05, 0) is 39.3 Å². The van der Waals surface area contributed by atoms with Crippen LogP contribution in [0.1, 0.15) is 51.4 Å². The van der Waals surface area contributed by atoms with Gasteiger partial charge in [0.2, 0.25) is 5.96 Å². The maximum atomic E-state index is 8.34. The van der Waals surface area contributed by atoms with E-state index in [9.17, 15) is 0 Å². The first-order valence-corrected chi connectivity index (χ1v) is 9.64. The van der Waals surface area contributed by atoms with E-state index in [0.29, 0.717) is 13.1 Å². The normalized spacial score (nSPS) is 9.78. The molecular weight excluding hydrogens is 344 g/mol. The van der Waals surface area contributed by atoms with Gasteiger partial charge in [0, 0.05) is 19.6 Å². The van der Waals surface area contributed by atoms with Gasteiger partial charge in [0.15, 0.2) is 18.1 Å². The molecule has 0 rings (SSSR count). The number of hydrogen-bond acceptors (Lipinski definition) is 5. The standard InChI is InChI=1S/C17H36N10/c1-22-10-6-2-3-8-12-24-16(20)27-17(21)25-13-9-5-4-7-11-23-15(19)26-14-18/h22H,2-13H2,1H3,(H3,19,23,26)(H5,20,21,24,25,27). The Kier molecular flexibility index (Phi) is 16.5. The first-order valence-electron chi connectivity index (χ1n) is 9.64. The van der Waals surface area contributed by atoms with Crippen LogP contribution in [0.15, 0.2) is 0 Å². The van der Waals surface area contributed by atoms with Crippen LogP contribution in [0, 0.1) is 27.7 Å². The molecule has 27 heavy (non-hydrogen) atoms. The zero-order valence-corrected chi connectivity index (χ0v) is 16.4. The lowest BCUT2D eigenvalue weighted by atomic mass is 10.2. The summed E-state index contributed by atoms with van der Waals surface area (Å²) in [6.45, 7) is 3.14. The molecule has 0 atom stereocenters. The lowest BCUT2D eigenvalue weighted by Gasteiger charge is -2.12. The van der Waals surface area contributed by atoms with Crippen molar-refractivity contribution in [2.45, 2.75) is 51.4 Å². The molecule has 0 unspecified atom stereocenters. The van der Waals surface area contributed by atoms with E-state index < -0.39 is 0 Å². The third-order valence-electron chi connectivity index (χ3n) is 3.79. The van der Waals surface area contributed by atoms with Crippen molar-refractivity contribution < 1.29 is 0 Å². The largest absolute Gasteiger partial charge is 0.356 e. The topological polar surface area (TPSA) is 168 Å². The number of guanidine groups is 3. The van der Waals surface area contributed by atoms with Crippen molar-refractivity contribution >= 4 is 17.9 Å². The van der Waals surface area contributed by atoms with E-state index in [1.54, 1.807) is 6.19 Å². The minimum atomic E-state index is 0.0311. The van der Waals surface area contributed by atoms with Crippen molar-refractivity contribution in [2.24, 2.45) is 0 Å². The maximum absolute atomic E-state index is 8.34. The molecule has 0 aliphatic heterocycles. The Morgan fingerprint density at radius 2 is 1.07 bits per heavy atom. The Hall–Kier alpha value is -2.54. The summed E-state index contributed by atoms with van der Waals surface area (Å²) in [6.07, 6.45) is 10.1. The summed E-state index contributed by atoms with van der Waals surface area (Å²) in [7, 11) is 1.96. The lowest BCUT2D eigenvalue weighted by molar-refractivity contribution is 0.608. The highest BCUT2D eigenvalue weighted by Gasteiger charge is 2.00. The molecule has 0 amide bonds. The SMILES string of the molecule is CNCCCCCCNC(=N)NC(=N)NCCCCCCNC(=N)NC#N. The molecule has 0 aliphatic rings. The molecule has 0 saturated heterocycles. The quantitative estimate of drug-likeness (QED) is 0.0697. The van der Waals surface area contributed by atoms with Crippen LogP contribution in [0.4, 0.5) is 0 Å². The molecule has 0 bridgehead atoms. The monoisotopic (exact) mass is 380 g/mol. The van der Waals surface area contributed by atoms with E-state index in [1.165, 1.54) is 12.8 Å². The molecule has 0 radical (unpaired) electrons. The summed E-state index contributed by atoms with van der Waals surface area (Å²) in [5.74, 6) is 0.324. The van der Waals surface area contributed by atoms with Crippen molar-refractivity contribution in [3.8, 4) is 6.19 Å². The second kappa shape index (κ2) is 18.3. The van der Waals surface area contributed by atoms with Gasteiger partial charge >= 0.3 is 0 Å². The predicted octanol–water partition coefficient (Wildman–Crippen LogP) is 0.560. The van der Waals surface area contributed by atoms with E-state index in [4.69, 9.17) is 21.5 Å². The van der Waals surface area contributed by atoms with Crippen LogP contribution in [0.2, 0.25) is 0 Å². The van der Waals surface area contributed by atoms with Gasteiger partial charge in [-0.2, -0.15) is 5.26 Å². The lowest BCUT2D eigenvalue weighted by Crippen LogP contribution is -2.46. The van der Waals surface area contributed by atoms with Crippen LogP contribution in [0.5, 0.6) is 0 Å². The van der Waals surface area contributed by atoms with Crippen molar-refractivity contribution in [3.63, 3.8) is 0 Å². The van der Waals surface area contributed by atoms with Crippen molar-refractivity contribution in [1.82, 2.24) is 31.9 Å². The minimum Gasteiger partial charge on any atom is -0.356 e. The van der Waals surface area contributed by atoms with Crippen LogP contribution in [-0.2, 0) is 0 Å². The highest BCUT2D eigenvalue weighted by Crippen LogP contribution is 1.98. The zero-order valence-electron chi connectivity index (χ0n) is 16.4. The van der Waals surface area contributed by atoms with Gasteiger partial charge in [0.25, 0.3) is 0 Å². The molecule has 154 valence electrons. The Bertz CT molecular complexity index is 457. The number of nitrogens with one attached hydrogen (secondary N) is 9. The summed E-state index contributed by atoms with van der Waals surface area (Å²) >= 11 is 0. The molecule has 0 aromatic heterocycles. The fourth-order valence-electron chi connectivity index (χ4n) is 2.34. The minimum absolute atomic E-state index is 0.0311. The summed E-state index contributed by atoms with van der Waals surface area (Å²) < 4.78 is 0. The van der Waals surface area contributed by atoms with Gasteiger partial charge < -0.3 is 21.3 Å². The van der Waals surface area contributed by atoms with E-state index in [2.05, 4.69) is 31.9 Å². The summed E-state index contributed by atoms with van der Waals surface area (Å²) in [4.78, 5) is 0. The second-order valence-corrected chi connectivity index (χ2v) is 6.20. The van der Waals surface area contributed by atoms with E-state index in [-0.39, 0.29) is 17.9 Å². The maximum Gasteiger partial charge on any atom is 0.201 e. The molecule has 0 aromatic carbocycles. The molecule has 0 heterocycles. The summed E-state index contributed by atoms with van der Waals surface area (Å²) in [6, 6.07) is 0. The fraction of sp³-hybridized carbons (Fsp3) is 0.765. The molecule has 9 N–H and O–H groups in total. The number of rotatable bonds is 14. The van der Waals surface area contributed by atoms with Crippen LogP contribution in [-0.4, -0.2) is 51.1 Å². The first kappa shape index (κ1) is 24.5. The second-order valence-electron chi connectivity index (χ2n) is 6.20.